The molecule has 0 unspecified atom stereocenters. The Labute approximate surface area is 103 Å². The first-order chi connectivity index (χ1) is 8.27. The molecule has 1 N–H and O–H groups in total. The van der Waals surface area contributed by atoms with Crippen LogP contribution in [0.5, 0.6) is 0 Å². The molecular formula is C12H10N2O2S. The minimum atomic E-state index is -0.875. The maximum Gasteiger partial charge on any atom is 0.321 e. The third-order valence-electron chi connectivity index (χ3n) is 2.12. The van der Waals surface area contributed by atoms with Crippen LogP contribution >= 0.6 is 11.8 Å². The van der Waals surface area contributed by atoms with Gasteiger partial charge in [0.15, 0.2) is 0 Å². The summed E-state index contributed by atoms with van der Waals surface area (Å²) in [5, 5.41) is 9.23. The van der Waals surface area contributed by atoms with Gasteiger partial charge >= 0.3 is 5.97 Å². The summed E-state index contributed by atoms with van der Waals surface area (Å²) < 4.78 is 0. The van der Waals surface area contributed by atoms with Gasteiger partial charge in [-0.1, -0.05) is 42.1 Å². The summed E-state index contributed by atoms with van der Waals surface area (Å²) in [4.78, 5) is 19.1. The fourth-order valence-electron chi connectivity index (χ4n) is 1.36. The van der Waals surface area contributed by atoms with E-state index in [1.54, 1.807) is 24.4 Å². The maximum atomic E-state index is 11.2. The molecule has 0 bridgehead atoms. The first-order valence-electron chi connectivity index (χ1n) is 4.98. The summed E-state index contributed by atoms with van der Waals surface area (Å²) in [7, 11) is 0. The van der Waals surface area contributed by atoms with Crippen LogP contribution in [0.15, 0.2) is 53.9 Å². The third kappa shape index (κ3) is 3.04. The fourth-order valence-corrected chi connectivity index (χ4v) is 2.24. The SMILES string of the molecule is O=C(O)[C@H](Sc1ccncn1)c1ccccc1. The van der Waals surface area contributed by atoms with Gasteiger partial charge in [-0.3, -0.25) is 4.79 Å². The zero-order valence-corrected chi connectivity index (χ0v) is 9.67. The van der Waals surface area contributed by atoms with Crippen LogP contribution in [0.25, 0.3) is 0 Å². The summed E-state index contributed by atoms with van der Waals surface area (Å²) in [5.74, 6) is -0.875. The molecule has 0 spiro atoms. The second-order valence-electron chi connectivity index (χ2n) is 3.29. The Morgan fingerprint density at radius 3 is 2.59 bits per heavy atom. The molecule has 2 rings (SSSR count). The van der Waals surface area contributed by atoms with E-state index in [-0.39, 0.29) is 0 Å². The maximum absolute atomic E-state index is 11.2. The van der Waals surface area contributed by atoms with Crippen LogP contribution in [0.2, 0.25) is 0 Å². The topological polar surface area (TPSA) is 63.1 Å². The molecule has 0 aliphatic rings. The monoisotopic (exact) mass is 246 g/mol. The van der Waals surface area contributed by atoms with Crippen molar-refractivity contribution in [1.82, 2.24) is 9.97 Å². The van der Waals surface area contributed by atoms with Crippen molar-refractivity contribution in [2.75, 3.05) is 0 Å². The number of rotatable bonds is 4. The lowest BCUT2D eigenvalue weighted by molar-refractivity contribution is -0.136. The van der Waals surface area contributed by atoms with Gasteiger partial charge < -0.3 is 5.11 Å². The number of carbonyl (C=O) groups is 1. The zero-order chi connectivity index (χ0) is 12.1. The van der Waals surface area contributed by atoms with Crippen LogP contribution in [-0.4, -0.2) is 21.0 Å². The lowest BCUT2D eigenvalue weighted by Crippen LogP contribution is -2.08. The van der Waals surface area contributed by atoms with E-state index in [2.05, 4.69) is 9.97 Å². The summed E-state index contributed by atoms with van der Waals surface area (Å²) in [5.41, 5.74) is 0.753. The number of benzene rings is 1. The van der Waals surface area contributed by atoms with E-state index in [0.717, 1.165) is 5.56 Å². The van der Waals surface area contributed by atoms with Crippen molar-refractivity contribution in [1.29, 1.82) is 0 Å². The minimum Gasteiger partial charge on any atom is -0.480 e. The number of nitrogens with zero attached hydrogens (tertiary/aromatic N) is 2. The van der Waals surface area contributed by atoms with Crippen molar-refractivity contribution in [2.45, 2.75) is 10.3 Å². The van der Waals surface area contributed by atoms with Crippen LogP contribution in [0.1, 0.15) is 10.8 Å². The zero-order valence-electron chi connectivity index (χ0n) is 8.85. The normalized spacial score (nSPS) is 12.0. The van der Waals surface area contributed by atoms with E-state index in [0.29, 0.717) is 5.03 Å². The molecule has 0 amide bonds. The van der Waals surface area contributed by atoms with Crippen LogP contribution in [0.4, 0.5) is 0 Å². The molecule has 1 atom stereocenters. The van der Waals surface area contributed by atoms with Gasteiger partial charge in [-0.05, 0) is 11.6 Å². The second-order valence-corrected chi connectivity index (χ2v) is 4.42. The number of carboxylic acid groups (broad SMARTS) is 1. The lowest BCUT2D eigenvalue weighted by Gasteiger charge is -2.11. The summed E-state index contributed by atoms with van der Waals surface area (Å²) in [6.45, 7) is 0. The van der Waals surface area contributed by atoms with Gasteiger partial charge in [0, 0.05) is 6.20 Å². The molecular weight excluding hydrogens is 236 g/mol. The molecule has 1 aromatic carbocycles. The summed E-state index contributed by atoms with van der Waals surface area (Å²) in [6, 6.07) is 10.8. The van der Waals surface area contributed by atoms with Gasteiger partial charge in [0.1, 0.15) is 16.6 Å². The van der Waals surface area contributed by atoms with E-state index in [9.17, 15) is 9.90 Å². The number of hydrogen-bond donors (Lipinski definition) is 1. The van der Waals surface area contributed by atoms with Gasteiger partial charge in [-0.25, -0.2) is 9.97 Å². The average molecular weight is 246 g/mol. The Morgan fingerprint density at radius 1 is 1.24 bits per heavy atom. The van der Waals surface area contributed by atoms with Crippen molar-refractivity contribution < 1.29 is 9.90 Å². The Morgan fingerprint density at radius 2 is 2.00 bits per heavy atom. The number of thioether (sulfide) groups is 1. The molecule has 1 aromatic heterocycles. The van der Waals surface area contributed by atoms with Gasteiger partial charge in [0.05, 0.1) is 0 Å². The molecule has 5 heteroatoms. The standard InChI is InChI=1S/C12H10N2O2S/c15-12(16)11(9-4-2-1-3-5-9)17-10-6-7-13-8-14-10/h1-8,11H,(H,15,16)/t11-/m1/s1. The molecule has 1 heterocycles. The largest absolute Gasteiger partial charge is 0.480 e. The highest BCUT2D eigenvalue weighted by Gasteiger charge is 2.21. The quantitative estimate of drug-likeness (QED) is 0.663. The van der Waals surface area contributed by atoms with Gasteiger partial charge in [0.25, 0.3) is 0 Å². The van der Waals surface area contributed by atoms with Gasteiger partial charge in [-0.2, -0.15) is 0 Å². The molecule has 0 aliphatic carbocycles. The third-order valence-corrected chi connectivity index (χ3v) is 3.31. The van der Waals surface area contributed by atoms with Crippen LogP contribution in [-0.2, 0) is 4.79 Å². The first kappa shape index (κ1) is 11.6. The Balaban J connectivity index is 2.23. The van der Waals surface area contributed by atoms with Crippen molar-refractivity contribution in [3.63, 3.8) is 0 Å². The Hall–Kier alpha value is -1.88. The van der Waals surface area contributed by atoms with Crippen molar-refractivity contribution >= 4 is 17.7 Å². The number of aromatic nitrogens is 2. The lowest BCUT2D eigenvalue weighted by atomic mass is 10.1. The smallest absolute Gasteiger partial charge is 0.321 e. The number of hydrogen-bond acceptors (Lipinski definition) is 4. The highest BCUT2D eigenvalue weighted by molar-refractivity contribution is 8.00. The highest BCUT2D eigenvalue weighted by atomic mass is 32.2. The summed E-state index contributed by atoms with van der Waals surface area (Å²) in [6.07, 6.45) is 3.01. The number of aliphatic carboxylic acids is 1. The van der Waals surface area contributed by atoms with Crippen LogP contribution < -0.4 is 0 Å². The molecule has 0 saturated carbocycles. The molecule has 4 nitrogen and oxygen atoms in total. The second kappa shape index (κ2) is 5.45. The predicted octanol–water partition coefficient (Wildman–Crippen LogP) is 2.39. The van der Waals surface area contributed by atoms with Gasteiger partial charge in [0.2, 0.25) is 0 Å². The number of carboxylic acids is 1. The molecule has 0 radical (unpaired) electrons. The Kier molecular flexibility index (Phi) is 3.72. The van der Waals surface area contributed by atoms with Crippen molar-refractivity contribution in [3.05, 3.63) is 54.5 Å². The average Bonchev–Trinajstić information content (AvgIpc) is 2.38. The van der Waals surface area contributed by atoms with Crippen LogP contribution in [0, 0.1) is 0 Å². The van der Waals surface area contributed by atoms with E-state index in [4.69, 9.17) is 0 Å². The summed E-state index contributed by atoms with van der Waals surface area (Å²) >= 11 is 1.20. The molecule has 0 aliphatic heterocycles. The molecule has 17 heavy (non-hydrogen) atoms. The highest BCUT2D eigenvalue weighted by Crippen LogP contribution is 2.33. The first-order valence-corrected chi connectivity index (χ1v) is 5.86. The molecule has 0 saturated heterocycles. The van der Waals surface area contributed by atoms with E-state index in [1.165, 1.54) is 18.1 Å². The Bertz CT molecular complexity index is 490. The molecule has 0 fully saturated rings. The molecule has 86 valence electrons. The van der Waals surface area contributed by atoms with Gasteiger partial charge in [-0.15, -0.1) is 0 Å². The fraction of sp³-hybridized carbons (Fsp3) is 0.0833. The van der Waals surface area contributed by atoms with E-state index < -0.39 is 11.2 Å². The van der Waals surface area contributed by atoms with Crippen LogP contribution in [0.3, 0.4) is 0 Å². The minimum absolute atomic E-state index is 0.647. The van der Waals surface area contributed by atoms with E-state index >= 15 is 0 Å². The predicted molar refractivity (Wildman–Crippen MR) is 64.7 cm³/mol. The van der Waals surface area contributed by atoms with E-state index in [1.807, 2.05) is 18.2 Å². The molecule has 2 aromatic rings. The van der Waals surface area contributed by atoms with Crippen molar-refractivity contribution in [2.24, 2.45) is 0 Å². The van der Waals surface area contributed by atoms with Crippen molar-refractivity contribution in [3.8, 4) is 0 Å².